The summed E-state index contributed by atoms with van der Waals surface area (Å²) >= 11 is 1.84. The van der Waals surface area contributed by atoms with Crippen molar-refractivity contribution in [3.8, 4) is 62.1 Å². The Kier molecular flexibility index (Phi) is 8.00. The van der Waals surface area contributed by atoms with E-state index in [-0.39, 0.29) is 0 Å². The Morgan fingerprint density at radius 2 is 0.850 bits per heavy atom. The largest absolute Gasteiger partial charge is 0.277 e. The smallest absolute Gasteiger partial charge is 0.238 e. The predicted octanol–water partition coefficient (Wildman–Crippen LogP) is 14.8. The second kappa shape index (κ2) is 14.0. The fraction of sp³-hybridized carbons (Fsp3) is 0. The third-order valence-electron chi connectivity index (χ3n) is 11.7. The van der Waals surface area contributed by atoms with Crippen LogP contribution >= 0.6 is 11.3 Å². The molecule has 0 atom stereocenters. The molecule has 3 heterocycles. The van der Waals surface area contributed by atoms with Gasteiger partial charge in [-0.2, -0.15) is 9.97 Å². The topological polar surface area (TPSA) is 43.6 Å². The standard InChI is InChI=1S/C55H34N4S/c1-3-12-35(13-4-1)37-22-26-39(27-23-37)53-56-54(40-28-24-38(25-29-40)36-14-5-2-6-15-36)58-55(57-53)59-49-34-42-17-8-7-16-41(42)32-47(49)46-20-11-19-44(52(46)59)43-30-31-51-48(33-43)45-18-9-10-21-50(45)60-51/h1-34H. The lowest BCUT2D eigenvalue weighted by Gasteiger charge is -2.14. The van der Waals surface area contributed by atoms with Crippen LogP contribution in [0.1, 0.15) is 0 Å². The lowest BCUT2D eigenvalue weighted by molar-refractivity contribution is 0.954. The molecular formula is C55H34N4S. The van der Waals surface area contributed by atoms with Gasteiger partial charge in [-0.1, -0.05) is 176 Å². The Labute approximate surface area is 350 Å². The third kappa shape index (κ3) is 5.78. The van der Waals surface area contributed by atoms with Crippen LogP contribution < -0.4 is 0 Å². The molecule has 5 heteroatoms. The van der Waals surface area contributed by atoms with E-state index in [1.807, 2.05) is 23.5 Å². The van der Waals surface area contributed by atoms with Gasteiger partial charge in [-0.05, 0) is 68.9 Å². The minimum atomic E-state index is 0.569. The quantitative estimate of drug-likeness (QED) is 0.169. The van der Waals surface area contributed by atoms with Crippen LogP contribution in [0, 0.1) is 0 Å². The van der Waals surface area contributed by atoms with E-state index in [1.165, 1.54) is 36.7 Å². The molecule has 0 N–H and O–H groups in total. The zero-order valence-electron chi connectivity index (χ0n) is 32.3. The first-order valence-corrected chi connectivity index (χ1v) is 21.0. The van der Waals surface area contributed by atoms with Gasteiger partial charge < -0.3 is 0 Å². The van der Waals surface area contributed by atoms with Gasteiger partial charge in [0.25, 0.3) is 0 Å². The van der Waals surface area contributed by atoms with Crippen LogP contribution in [0.3, 0.4) is 0 Å². The molecule has 280 valence electrons. The number of hydrogen-bond donors (Lipinski definition) is 0. The number of thiophene rings is 1. The zero-order valence-corrected chi connectivity index (χ0v) is 33.1. The molecule has 0 amide bonds. The van der Waals surface area contributed by atoms with Crippen LogP contribution in [0.2, 0.25) is 0 Å². The average Bonchev–Trinajstić information content (AvgIpc) is 3.86. The van der Waals surface area contributed by atoms with E-state index in [9.17, 15) is 0 Å². The highest BCUT2D eigenvalue weighted by molar-refractivity contribution is 7.25. The molecule has 0 fully saturated rings. The minimum absolute atomic E-state index is 0.569. The van der Waals surface area contributed by atoms with E-state index in [1.54, 1.807) is 0 Å². The zero-order chi connectivity index (χ0) is 39.6. The SMILES string of the molecule is c1ccc(-c2ccc(-c3nc(-c4ccc(-c5ccccc5)cc4)nc(-n4c5cc6ccccc6cc5c5cccc(-c6ccc7sc8ccccc8c7c6)c54)n3)cc2)cc1. The van der Waals surface area contributed by atoms with E-state index >= 15 is 0 Å². The lowest BCUT2D eigenvalue weighted by Crippen LogP contribution is -2.07. The van der Waals surface area contributed by atoms with E-state index in [2.05, 4.69) is 199 Å². The van der Waals surface area contributed by atoms with Gasteiger partial charge in [-0.3, -0.25) is 4.57 Å². The Bertz CT molecular complexity index is 3470. The van der Waals surface area contributed by atoms with E-state index in [4.69, 9.17) is 15.0 Å². The number of benzene rings is 9. The van der Waals surface area contributed by atoms with Crippen molar-refractivity contribution in [2.45, 2.75) is 0 Å². The maximum absolute atomic E-state index is 5.38. The average molecular weight is 783 g/mol. The van der Waals surface area contributed by atoms with Crippen molar-refractivity contribution in [1.29, 1.82) is 0 Å². The first kappa shape index (κ1) is 34.3. The predicted molar refractivity (Wildman–Crippen MR) is 252 cm³/mol. The summed E-state index contributed by atoms with van der Waals surface area (Å²) in [4.78, 5) is 16.0. The van der Waals surface area contributed by atoms with Crippen molar-refractivity contribution in [3.63, 3.8) is 0 Å². The minimum Gasteiger partial charge on any atom is -0.277 e. The summed E-state index contributed by atoms with van der Waals surface area (Å²) in [7, 11) is 0. The lowest BCUT2D eigenvalue weighted by atomic mass is 9.99. The summed E-state index contributed by atoms with van der Waals surface area (Å²) in [6.45, 7) is 0. The van der Waals surface area contributed by atoms with Crippen molar-refractivity contribution in [1.82, 2.24) is 19.5 Å². The van der Waals surface area contributed by atoms with Crippen LogP contribution in [-0.2, 0) is 0 Å². The number of rotatable bonds is 6. The van der Waals surface area contributed by atoms with Crippen LogP contribution in [0.5, 0.6) is 0 Å². The van der Waals surface area contributed by atoms with Crippen molar-refractivity contribution in [2.75, 3.05) is 0 Å². The van der Waals surface area contributed by atoms with Crippen LogP contribution in [0.25, 0.3) is 115 Å². The summed E-state index contributed by atoms with van der Waals surface area (Å²) in [6.07, 6.45) is 0. The van der Waals surface area contributed by atoms with Gasteiger partial charge in [0.05, 0.1) is 11.0 Å². The van der Waals surface area contributed by atoms with Crippen LogP contribution in [0.15, 0.2) is 206 Å². The summed E-state index contributed by atoms with van der Waals surface area (Å²) in [5.41, 5.74) is 10.8. The molecule has 0 radical (unpaired) electrons. The third-order valence-corrected chi connectivity index (χ3v) is 12.8. The molecule has 0 aliphatic carbocycles. The van der Waals surface area contributed by atoms with Gasteiger partial charge >= 0.3 is 0 Å². The molecule has 3 aromatic heterocycles. The van der Waals surface area contributed by atoms with Crippen molar-refractivity contribution in [3.05, 3.63) is 206 Å². The molecule has 0 aliphatic heterocycles. The number of fused-ring (bicyclic) bond motifs is 7. The monoisotopic (exact) mass is 782 g/mol. The van der Waals surface area contributed by atoms with Crippen LogP contribution in [0.4, 0.5) is 0 Å². The van der Waals surface area contributed by atoms with Gasteiger partial charge in [0, 0.05) is 47.6 Å². The van der Waals surface area contributed by atoms with Crippen molar-refractivity contribution >= 4 is 64.1 Å². The van der Waals surface area contributed by atoms with Crippen LogP contribution in [-0.4, -0.2) is 19.5 Å². The molecule has 9 aromatic carbocycles. The summed E-state index contributed by atoms with van der Waals surface area (Å²) in [5, 5.41) is 7.18. The van der Waals surface area contributed by atoms with Gasteiger partial charge in [0.15, 0.2) is 11.6 Å². The summed E-state index contributed by atoms with van der Waals surface area (Å²) in [6, 6.07) is 73.4. The molecule has 60 heavy (non-hydrogen) atoms. The second-order valence-electron chi connectivity index (χ2n) is 15.2. The van der Waals surface area contributed by atoms with Gasteiger partial charge in [0.2, 0.25) is 5.95 Å². The molecule has 0 saturated carbocycles. The van der Waals surface area contributed by atoms with Gasteiger partial charge in [-0.15, -0.1) is 11.3 Å². The van der Waals surface area contributed by atoms with Crippen molar-refractivity contribution < 1.29 is 0 Å². The number of aromatic nitrogens is 4. The maximum Gasteiger partial charge on any atom is 0.238 e. The molecule has 0 saturated heterocycles. The molecule has 12 rings (SSSR count). The molecule has 4 nitrogen and oxygen atoms in total. The molecular weight excluding hydrogens is 749 g/mol. The highest BCUT2D eigenvalue weighted by Gasteiger charge is 2.22. The molecule has 0 aliphatic rings. The second-order valence-corrected chi connectivity index (χ2v) is 16.3. The number of para-hydroxylation sites is 1. The number of hydrogen-bond acceptors (Lipinski definition) is 4. The number of nitrogens with zero attached hydrogens (tertiary/aromatic N) is 4. The Balaban J connectivity index is 1.12. The Morgan fingerprint density at radius 1 is 0.333 bits per heavy atom. The Morgan fingerprint density at radius 3 is 1.52 bits per heavy atom. The molecule has 0 spiro atoms. The molecule has 12 aromatic rings. The van der Waals surface area contributed by atoms with Gasteiger partial charge in [-0.25, -0.2) is 4.98 Å². The normalized spacial score (nSPS) is 11.7. The summed E-state index contributed by atoms with van der Waals surface area (Å²) < 4.78 is 4.85. The van der Waals surface area contributed by atoms with E-state index < -0.39 is 0 Å². The first-order valence-electron chi connectivity index (χ1n) is 20.2. The van der Waals surface area contributed by atoms with E-state index in [0.29, 0.717) is 17.6 Å². The van der Waals surface area contributed by atoms with Crippen molar-refractivity contribution in [2.24, 2.45) is 0 Å². The fourth-order valence-electron chi connectivity index (χ4n) is 8.69. The van der Waals surface area contributed by atoms with Gasteiger partial charge in [0.1, 0.15) is 0 Å². The first-order chi connectivity index (χ1) is 29.7. The molecule has 0 bridgehead atoms. The molecule has 0 unspecified atom stereocenters. The Hall–Kier alpha value is -7.73. The maximum atomic E-state index is 5.38. The van der Waals surface area contributed by atoms with E-state index in [0.717, 1.165) is 60.6 Å². The highest BCUT2D eigenvalue weighted by atomic mass is 32.1. The fourth-order valence-corrected chi connectivity index (χ4v) is 9.78. The highest BCUT2D eigenvalue weighted by Crippen LogP contribution is 2.42. The summed E-state index contributed by atoms with van der Waals surface area (Å²) in [5.74, 6) is 1.79.